The first-order valence-corrected chi connectivity index (χ1v) is 10.5. The number of piperidine rings is 2. The highest BCUT2D eigenvalue weighted by Gasteiger charge is 2.53. The SMILES string of the molecule is Cc1nonc1CNC(=O)[C@@]12CCCN(C(=O)c3cccs3)[C@@H]1CN(C)CC2. The Bertz CT molecular complexity index is 852. The van der Waals surface area contributed by atoms with Crippen molar-refractivity contribution >= 4 is 23.2 Å². The molecular formula is C19H25N5O3S. The van der Waals surface area contributed by atoms with Gasteiger partial charge in [0.15, 0.2) is 0 Å². The van der Waals surface area contributed by atoms with Crippen molar-refractivity contribution in [3.8, 4) is 0 Å². The Morgan fingerprint density at radius 1 is 1.36 bits per heavy atom. The Hall–Kier alpha value is -2.26. The zero-order chi connectivity index (χ0) is 19.7. The molecule has 2 atom stereocenters. The number of hydrogen-bond acceptors (Lipinski definition) is 7. The molecule has 0 radical (unpaired) electrons. The van der Waals surface area contributed by atoms with Crippen molar-refractivity contribution in [2.24, 2.45) is 5.41 Å². The fourth-order valence-corrected chi connectivity index (χ4v) is 5.12. The molecule has 0 unspecified atom stereocenters. The number of nitrogens with one attached hydrogen (secondary N) is 1. The minimum atomic E-state index is -0.567. The maximum Gasteiger partial charge on any atom is 0.264 e. The fraction of sp³-hybridized carbons (Fsp3) is 0.579. The second kappa shape index (κ2) is 7.63. The number of likely N-dealkylation sites (tertiary alicyclic amines) is 2. The van der Waals surface area contributed by atoms with E-state index in [9.17, 15) is 9.59 Å². The molecule has 2 aromatic heterocycles. The van der Waals surface area contributed by atoms with Crippen LogP contribution in [0.3, 0.4) is 0 Å². The van der Waals surface area contributed by atoms with E-state index in [-0.39, 0.29) is 24.4 Å². The number of fused-ring (bicyclic) bond motifs is 1. The molecule has 0 aliphatic carbocycles. The van der Waals surface area contributed by atoms with Crippen LogP contribution in [0.15, 0.2) is 22.1 Å². The van der Waals surface area contributed by atoms with Crippen molar-refractivity contribution in [3.05, 3.63) is 33.8 Å². The van der Waals surface area contributed by atoms with E-state index in [1.165, 1.54) is 11.3 Å². The number of thiophene rings is 1. The average molecular weight is 404 g/mol. The summed E-state index contributed by atoms with van der Waals surface area (Å²) >= 11 is 1.45. The highest BCUT2D eigenvalue weighted by Crippen LogP contribution is 2.43. The summed E-state index contributed by atoms with van der Waals surface area (Å²) in [5.41, 5.74) is 0.746. The van der Waals surface area contributed by atoms with Crippen LogP contribution in [0.25, 0.3) is 0 Å². The lowest BCUT2D eigenvalue weighted by atomic mass is 9.67. The second-order valence-electron chi connectivity index (χ2n) is 7.74. The topological polar surface area (TPSA) is 91.6 Å². The number of aryl methyl sites for hydroxylation is 1. The van der Waals surface area contributed by atoms with E-state index < -0.39 is 5.41 Å². The fourth-order valence-electron chi connectivity index (χ4n) is 4.44. The van der Waals surface area contributed by atoms with Gasteiger partial charge >= 0.3 is 0 Å². The largest absolute Gasteiger partial charge is 0.350 e. The molecule has 0 spiro atoms. The van der Waals surface area contributed by atoms with Gasteiger partial charge in [0.1, 0.15) is 11.4 Å². The molecule has 2 saturated heterocycles. The van der Waals surface area contributed by atoms with Gasteiger partial charge in [-0.1, -0.05) is 16.4 Å². The van der Waals surface area contributed by atoms with Crippen LogP contribution < -0.4 is 5.32 Å². The van der Waals surface area contributed by atoms with Gasteiger partial charge in [-0.2, -0.15) is 0 Å². The Labute approximate surface area is 167 Å². The minimum absolute atomic E-state index is 0.00307. The summed E-state index contributed by atoms with van der Waals surface area (Å²) in [7, 11) is 2.05. The van der Waals surface area contributed by atoms with Crippen LogP contribution in [-0.4, -0.2) is 64.7 Å². The van der Waals surface area contributed by atoms with Crippen molar-refractivity contribution in [1.29, 1.82) is 0 Å². The molecule has 28 heavy (non-hydrogen) atoms. The third-order valence-corrected chi connectivity index (χ3v) is 6.93. The molecule has 8 nitrogen and oxygen atoms in total. The van der Waals surface area contributed by atoms with Crippen molar-refractivity contribution in [2.45, 2.75) is 38.8 Å². The molecule has 2 aromatic rings. The first-order chi connectivity index (χ1) is 13.5. The summed E-state index contributed by atoms with van der Waals surface area (Å²) in [6, 6.07) is 3.62. The van der Waals surface area contributed by atoms with Gasteiger partial charge in [0.25, 0.3) is 5.91 Å². The van der Waals surface area contributed by atoms with Gasteiger partial charge in [-0.05, 0) is 51.2 Å². The Balaban J connectivity index is 1.58. The van der Waals surface area contributed by atoms with E-state index in [2.05, 4.69) is 27.6 Å². The van der Waals surface area contributed by atoms with E-state index in [4.69, 9.17) is 4.63 Å². The molecular weight excluding hydrogens is 378 g/mol. The van der Waals surface area contributed by atoms with E-state index in [0.29, 0.717) is 24.5 Å². The highest BCUT2D eigenvalue weighted by molar-refractivity contribution is 7.12. The highest BCUT2D eigenvalue weighted by atomic mass is 32.1. The minimum Gasteiger partial charge on any atom is -0.350 e. The maximum atomic E-state index is 13.4. The summed E-state index contributed by atoms with van der Waals surface area (Å²) in [6.07, 6.45) is 2.36. The van der Waals surface area contributed by atoms with E-state index >= 15 is 0 Å². The van der Waals surface area contributed by atoms with Gasteiger partial charge in [0, 0.05) is 13.1 Å². The molecule has 150 valence electrons. The number of carbonyl (C=O) groups excluding carboxylic acids is 2. The van der Waals surface area contributed by atoms with Crippen molar-refractivity contribution < 1.29 is 14.2 Å². The number of hydrogen-bond donors (Lipinski definition) is 1. The number of aromatic nitrogens is 2. The van der Waals surface area contributed by atoms with E-state index in [1.54, 1.807) is 6.92 Å². The van der Waals surface area contributed by atoms with Gasteiger partial charge in [-0.15, -0.1) is 11.3 Å². The Kier molecular flexibility index (Phi) is 5.20. The van der Waals surface area contributed by atoms with Gasteiger partial charge in [0.05, 0.1) is 22.9 Å². The van der Waals surface area contributed by atoms with Crippen LogP contribution in [0.1, 0.15) is 40.3 Å². The maximum absolute atomic E-state index is 13.4. The Morgan fingerprint density at radius 3 is 2.93 bits per heavy atom. The number of rotatable bonds is 4. The summed E-state index contributed by atoms with van der Waals surface area (Å²) < 4.78 is 4.72. The van der Waals surface area contributed by atoms with E-state index in [1.807, 2.05) is 22.4 Å². The van der Waals surface area contributed by atoms with Crippen LogP contribution in [0.2, 0.25) is 0 Å². The first-order valence-electron chi connectivity index (χ1n) is 9.60. The molecule has 0 saturated carbocycles. The van der Waals surface area contributed by atoms with Crippen LogP contribution in [0.5, 0.6) is 0 Å². The number of amides is 2. The third-order valence-electron chi connectivity index (χ3n) is 6.07. The summed E-state index contributed by atoms with van der Waals surface area (Å²) in [5, 5.41) is 12.6. The zero-order valence-corrected chi connectivity index (χ0v) is 17.0. The van der Waals surface area contributed by atoms with Crippen molar-refractivity contribution in [1.82, 2.24) is 25.4 Å². The predicted octanol–water partition coefficient (Wildman–Crippen LogP) is 1.68. The summed E-state index contributed by atoms with van der Waals surface area (Å²) in [4.78, 5) is 31.4. The van der Waals surface area contributed by atoms with Gasteiger partial charge in [-0.25, -0.2) is 4.63 Å². The quantitative estimate of drug-likeness (QED) is 0.835. The van der Waals surface area contributed by atoms with Gasteiger partial charge in [-0.3, -0.25) is 9.59 Å². The number of carbonyl (C=O) groups is 2. The van der Waals surface area contributed by atoms with E-state index in [0.717, 1.165) is 30.7 Å². The van der Waals surface area contributed by atoms with Crippen molar-refractivity contribution in [2.75, 3.05) is 26.7 Å². The third kappa shape index (κ3) is 3.33. The molecule has 4 rings (SSSR count). The molecule has 0 bridgehead atoms. The lowest BCUT2D eigenvalue weighted by Crippen LogP contribution is -2.66. The van der Waals surface area contributed by atoms with Crippen LogP contribution >= 0.6 is 11.3 Å². The van der Waals surface area contributed by atoms with Gasteiger partial charge < -0.3 is 15.1 Å². The summed E-state index contributed by atoms with van der Waals surface area (Å²) in [5.74, 6) is 0.0281. The summed E-state index contributed by atoms with van der Waals surface area (Å²) in [6.45, 7) is 4.33. The second-order valence-corrected chi connectivity index (χ2v) is 8.69. The standard InChI is InChI=1S/C19H25N5O3S/c1-13-14(22-27-21-13)11-20-18(26)19-6-4-8-24(16(19)12-23(2)9-7-19)17(25)15-5-3-10-28-15/h3,5,10,16H,4,6-9,11-12H2,1-2H3,(H,20,26)/t16-,19-/m1/s1. The molecule has 2 aliphatic heterocycles. The lowest BCUT2D eigenvalue weighted by Gasteiger charge is -2.53. The number of nitrogens with zero attached hydrogens (tertiary/aromatic N) is 4. The first kappa shape index (κ1) is 19.1. The lowest BCUT2D eigenvalue weighted by molar-refractivity contribution is -0.142. The zero-order valence-electron chi connectivity index (χ0n) is 16.2. The molecule has 0 aromatic carbocycles. The average Bonchev–Trinajstić information content (AvgIpc) is 3.37. The molecule has 2 amide bonds. The molecule has 2 aliphatic rings. The smallest absolute Gasteiger partial charge is 0.264 e. The van der Waals surface area contributed by atoms with Crippen LogP contribution in [-0.2, 0) is 11.3 Å². The molecule has 4 heterocycles. The normalized spacial score (nSPS) is 25.4. The predicted molar refractivity (Wildman–Crippen MR) is 104 cm³/mol. The van der Waals surface area contributed by atoms with Crippen LogP contribution in [0.4, 0.5) is 0 Å². The van der Waals surface area contributed by atoms with Gasteiger partial charge in [0.2, 0.25) is 5.91 Å². The molecule has 1 N–H and O–H groups in total. The molecule has 2 fully saturated rings. The Morgan fingerprint density at radius 2 is 2.21 bits per heavy atom. The molecule has 9 heteroatoms. The monoisotopic (exact) mass is 403 g/mol. The van der Waals surface area contributed by atoms with Crippen molar-refractivity contribution in [3.63, 3.8) is 0 Å². The number of likely N-dealkylation sites (N-methyl/N-ethyl adjacent to an activating group) is 1. The van der Waals surface area contributed by atoms with Crippen LogP contribution in [0, 0.1) is 12.3 Å².